The number of carbonyl (C=O) groups excluding carboxylic acids is 1. The summed E-state index contributed by atoms with van der Waals surface area (Å²) in [6.07, 6.45) is 1.90. The molecule has 21 heavy (non-hydrogen) atoms. The molecule has 0 aromatic carbocycles. The van der Waals surface area contributed by atoms with E-state index in [1.807, 2.05) is 11.0 Å². The summed E-state index contributed by atoms with van der Waals surface area (Å²) in [5.74, 6) is 0.784. The Hall–Kier alpha value is -1.69. The second-order valence-corrected chi connectivity index (χ2v) is 5.17. The fourth-order valence-corrected chi connectivity index (χ4v) is 2.42. The molecule has 6 nitrogen and oxygen atoms in total. The van der Waals surface area contributed by atoms with Gasteiger partial charge in [0.1, 0.15) is 0 Å². The molecule has 2 rings (SSSR count). The first-order valence-corrected chi connectivity index (χ1v) is 7.72. The largest absolute Gasteiger partial charge is 0.378 e. The summed E-state index contributed by atoms with van der Waals surface area (Å²) in [5, 5.41) is 8.31. The molecule has 1 aliphatic rings. The summed E-state index contributed by atoms with van der Waals surface area (Å²) in [4.78, 5) is 16.4. The predicted octanol–water partition coefficient (Wildman–Crippen LogP) is 1.58. The molecule has 6 heteroatoms. The Bertz CT molecular complexity index is 437. The van der Waals surface area contributed by atoms with Crippen molar-refractivity contribution in [2.75, 3.05) is 44.3 Å². The van der Waals surface area contributed by atoms with Gasteiger partial charge in [0.2, 0.25) is 0 Å². The van der Waals surface area contributed by atoms with Gasteiger partial charge in [0, 0.05) is 26.2 Å². The number of aromatic nitrogens is 2. The highest BCUT2D eigenvalue weighted by atomic mass is 16.5. The van der Waals surface area contributed by atoms with E-state index in [0.717, 1.165) is 44.8 Å². The van der Waals surface area contributed by atoms with Crippen LogP contribution in [0.4, 0.5) is 5.82 Å². The van der Waals surface area contributed by atoms with Crippen LogP contribution in [0, 0.1) is 0 Å². The lowest BCUT2D eigenvalue weighted by Gasteiger charge is -2.27. The van der Waals surface area contributed by atoms with E-state index in [0.29, 0.717) is 18.9 Å². The zero-order valence-corrected chi connectivity index (χ0v) is 12.9. The van der Waals surface area contributed by atoms with E-state index in [-0.39, 0.29) is 5.91 Å². The number of anilines is 1. The van der Waals surface area contributed by atoms with Gasteiger partial charge in [0.15, 0.2) is 11.5 Å². The molecule has 0 N–H and O–H groups in total. The number of carbonyl (C=O) groups is 1. The van der Waals surface area contributed by atoms with Crippen LogP contribution in [0.15, 0.2) is 12.1 Å². The topological polar surface area (TPSA) is 58.6 Å². The van der Waals surface area contributed by atoms with E-state index in [4.69, 9.17) is 4.74 Å². The third-order valence-electron chi connectivity index (χ3n) is 3.48. The SMILES string of the molecule is CCCN(CCC)C(=O)c1ccc(N2CCOCC2)nn1. The van der Waals surface area contributed by atoms with Gasteiger partial charge < -0.3 is 14.5 Å². The van der Waals surface area contributed by atoms with E-state index >= 15 is 0 Å². The quantitative estimate of drug-likeness (QED) is 0.796. The predicted molar refractivity (Wildman–Crippen MR) is 81.5 cm³/mol. The molecule has 1 aliphatic heterocycles. The molecule has 0 unspecified atom stereocenters. The molecule has 116 valence electrons. The van der Waals surface area contributed by atoms with Crippen molar-refractivity contribution in [2.24, 2.45) is 0 Å². The Kier molecular flexibility index (Phi) is 5.92. The van der Waals surface area contributed by atoms with E-state index < -0.39 is 0 Å². The van der Waals surface area contributed by atoms with Gasteiger partial charge in [0.25, 0.3) is 5.91 Å². The second-order valence-electron chi connectivity index (χ2n) is 5.17. The van der Waals surface area contributed by atoms with Crippen LogP contribution in [0.3, 0.4) is 0 Å². The Morgan fingerprint density at radius 1 is 1.19 bits per heavy atom. The first-order chi connectivity index (χ1) is 10.3. The molecule has 0 spiro atoms. The van der Waals surface area contributed by atoms with Crippen LogP contribution in [0.5, 0.6) is 0 Å². The molecule has 1 aromatic rings. The van der Waals surface area contributed by atoms with E-state index in [1.165, 1.54) is 0 Å². The van der Waals surface area contributed by atoms with Crippen LogP contribution in [-0.4, -0.2) is 60.4 Å². The van der Waals surface area contributed by atoms with Gasteiger partial charge in [-0.25, -0.2) is 0 Å². The lowest BCUT2D eigenvalue weighted by atomic mass is 10.3. The van der Waals surface area contributed by atoms with Crippen molar-refractivity contribution in [1.29, 1.82) is 0 Å². The van der Waals surface area contributed by atoms with Crippen LogP contribution in [0.2, 0.25) is 0 Å². The van der Waals surface area contributed by atoms with Crippen molar-refractivity contribution >= 4 is 11.7 Å². The third kappa shape index (κ3) is 4.14. The lowest BCUT2D eigenvalue weighted by Crippen LogP contribution is -2.37. The smallest absolute Gasteiger partial charge is 0.274 e. The highest BCUT2D eigenvalue weighted by Crippen LogP contribution is 2.12. The molecule has 0 atom stereocenters. The number of ether oxygens (including phenoxy) is 1. The van der Waals surface area contributed by atoms with Crippen molar-refractivity contribution < 1.29 is 9.53 Å². The molecule has 0 saturated carbocycles. The molecule has 0 radical (unpaired) electrons. The Morgan fingerprint density at radius 2 is 1.86 bits per heavy atom. The maximum absolute atomic E-state index is 12.4. The Morgan fingerprint density at radius 3 is 2.38 bits per heavy atom. The highest BCUT2D eigenvalue weighted by Gasteiger charge is 2.18. The molecule has 0 aliphatic carbocycles. The second kappa shape index (κ2) is 7.93. The number of hydrogen-bond donors (Lipinski definition) is 0. The van der Waals surface area contributed by atoms with Crippen LogP contribution in [-0.2, 0) is 4.74 Å². The standard InChI is InChI=1S/C15H24N4O2/c1-3-7-19(8-4-2)15(20)13-5-6-14(17-16-13)18-9-11-21-12-10-18/h5-6H,3-4,7-12H2,1-2H3. The van der Waals surface area contributed by atoms with Crippen molar-refractivity contribution in [3.8, 4) is 0 Å². The molecule has 1 aromatic heterocycles. The monoisotopic (exact) mass is 292 g/mol. The normalized spacial score (nSPS) is 15.0. The molecule has 2 heterocycles. The van der Waals surface area contributed by atoms with Gasteiger partial charge in [-0.15, -0.1) is 10.2 Å². The lowest BCUT2D eigenvalue weighted by molar-refractivity contribution is 0.0748. The Balaban J connectivity index is 2.04. The average molecular weight is 292 g/mol. The van der Waals surface area contributed by atoms with Gasteiger partial charge >= 0.3 is 0 Å². The number of morpholine rings is 1. The van der Waals surface area contributed by atoms with Gasteiger partial charge in [-0.2, -0.15) is 0 Å². The van der Waals surface area contributed by atoms with E-state index in [1.54, 1.807) is 6.07 Å². The molecule has 1 saturated heterocycles. The maximum Gasteiger partial charge on any atom is 0.274 e. The minimum Gasteiger partial charge on any atom is -0.378 e. The minimum atomic E-state index is -0.0280. The molecule has 1 amide bonds. The zero-order chi connectivity index (χ0) is 15.1. The number of hydrogen-bond acceptors (Lipinski definition) is 5. The summed E-state index contributed by atoms with van der Waals surface area (Å²) in [6.45, 7) is 8.73. The summed E-state index contributed by atoms with van der Waals surface area (Å²) in [7, 11) is 0. The van der Waals surface area contributed by atoms with Crippen LogP contribution in [0.25, 0.3) is 0 Å². The fourth-order valence-electron chi connectivity index (χ4n) is 2.42. The molecular formula is C15H24N4O2. The fraction of sp³-hybridized carbons (Fsp3) is 0.667. The Labute approximate surface area is 126 Å². The van der Waals surface area contributed by atoms with Gasteiger partial charge in [-0.1, -0.05) is 13.8 Å². The molecule has 1 fully saturated rings. The van der Waals surface area contributed by atoms with Crippen molar-refractivity contribution in [2.45, 2.75) is 26.7 Å². The maximum atomic E-state index is 12.4. The highest BCUT2D eigenvalue weighted by molar-refractivity contribution is 5.92. The first-order valence-electron chi connectivity index (χ1n) is 7.72. The number of rotatable bonds is 6. The van der Waals surface area contributed by atoms with Crippen LogP contribution >= 0.6 is 0 Å². The number of nitrogens with zero attached hydrogens (tertiary/aromatic N) is 4. The van der Waals surface area contributed by atoms with E-state index in [2.05, 4.69) is 28.9 Å². The summed E-state index contributed by atoms with van der Waals surface area (Å²) >= 11 is 0. The third-order valence-corrected chi connectivity index (χ3v) is 3.48. The van der Waals surface area contributed by atoms with Crippen molar-refractivity contribution in [3.05, 3.63) is 17.8 Å². The minimum absolute atomic E-state index is 0.0280. The summed E-state index contributed by atoms with van der Waals surface area (Å²) < 4.78 is 5.32. The first kappa shape index (κ1) is 15.7. The van der Waals surface area contributed by atoms with Crippen LogP contribution < -0.4 is 4.90 Å². The summed E-state index contributed by atoms with van der Waals surface area (Å²) in [6, 6.07) is 3.65. The van der Waals surface area contributed by atoms with Gasteiger partial charge in [0.05, 0.1) is 13.2 Å². The van der Waals surface area contributed by atoms with Gasteiger partial charge in [-0.3, -0.25) is 4.79 Å². The van der Waals surface area contributed by atoms with E-state index in [9.17, 15) is 4.79 Å². The molecular weight excluding hydrogens is 268 g/mol. The zero-order valence-electron chi connectivity index (χ0n) is 12.9. The van der Waals surface area contributed by atoms with Crippen molar-refractivity contribution in [3.63, 3.8) is 0 Å². The van der Waals surface area contributed by atoms with Crippen LogP contribution in [0.1, 0.15) is 37.2 Å². The molecule has 0 bridgehead atoms. The number of amides is 1. The van der Waals surface area contributed by atoms with Crippen molar-refractivity contribution in [1.82, 2.24) is 15.1 Å². The van der Waals surface area contributed by atoms with Gasteiger partial charge in [-0.05, 0) is 25.0 Å². The average Bonchev–Trinajstić information content (AvgIpc) is 2.55. The summed E-state index contributed by atoms with van der Waals surface area (Å²) in [5.41, 5.74) is 0.425.